The first-order valence-corrected chi connectivity index (χ1v) is 4.01. The van der Waals surface area contributed by atoms with Gasteiger partial charge >= 0.3 is 0 Å². The Morgan fingerprint density at radius 1 is 1.33 bits per heavy atom. The average Bonchev–Trinajstić information content (AvgIpc) is 2.51. The van der Waals surface area contributed by atoms with Crippen LogP contribution in [0.1, 0.15) is 16.7 Å². The largest absolute Gasteiger partial charge is 0.372 e. The third-order valence-corrected chi connectivity index (χ3v) is 2.08. The Bertz CT molecular complexity index is 307. The zero-order valence-electron chi connectivity index (χ0n) is 6.92. The van der Waals surface area contributed by atoms with Crippen molar-refractivity contribution >= 4 is 6.72 Å². The zero-order valence-corrected chi connectivity index (χ0v) is 6.92. The molecular formula is C10H11NO. The molecule has 12 heavy (non-hydrogen) atoms. The van der Waals surface area contributed by atoms with E-state index in [1.165, 1.54) is 16.7 Å². The fourth-order valence-electron chi connectivity index (χ4n) is 1.45. The maximum absolute atomic E-state index is 5.30. The quantitative estimate of drug-likeness (QED) is 0.607. The van der Waals surface area contributed by atoms with Gasteiger partial charge in [-0.15, -0.1) is 0 Å². The molecule has 0 fully saturated rings. The molecular weight excluding hydrogens is 150 g/mol. The first-order chi connectivity index (χ1) is 5.90. The lowest BCUT2D eigenvalue weighted by molar-refractivity contribution is 0.134. The molecule has 0 saturated carbocycles. The van der Waals surface area contributed by atoms with E-state index in [1.54, 1.807) is 0 Å². The number of fused-ring (bicyclic) bond motifs is 1. The Balaban J connectivity index is 2.32. The number of aliphatic imine (C=N–C) groups is 1. The van der Waals surface area contributed by atoms with Crippen molar-refractivity contribution in [3.05, 3.63) is 34.9 Å². The van der Waals surface area contributed by atoms with Crippen molar-refractivity contribution in [2.75, 3.05) is 0 Å². The highest BCUT2D eigenvalue weighted by Gasteiger charge is 2.10. The minimum absolute atomic E-state index is 0.702. The van der Waals surface area contributed by atoms with Gasteiger partial charge < -0.3 is 4.74 Å². The van der Waals surface area contributed by atoms with E-state index in [4.69, 9.17) is 4.74 Å². The van der Waals surface area contributed by atoms with Crippen molar-refractivity contribution in [2.45, 2.75) is 19.8 Å². The van der Waals surface area contributed by atoms with E-state index in [-0.39, 0.29) is 0 Å². The molecule has 0 bridgehead atoms. The van der Waals surface area contributed by atoms with Crippen LogP contribution in [0, 0.1) is 0 Å². The molecule has 1 aromatic rings. The van der Waals surface area contributed by atoms with Crippen molar-refractivity contribution in [3.8, 4) is 0 Å². The Morgan fingerprint density at radius 2 is 2.17 bits per heavy atom. The summed E-state index contributed by atoms with van der Waals surface area (Å²) in [6, 6.07) is 6.35. The predicted octanol–water partition coefficient (Wildman–Crippen LogP) is 1.92. The number of nitrogens with zero attached hydrogens (tertiary/aromatic N) is 1. The van der Waals surface area contributed by atoms with Crippen molar-refractivity contribution in [3.63, 3.8) is 0 Å². The lowest BCUT2D eigenvalue weighted by atomic mass is 10.1. The normalized spacial score (nSPS) is 14.3. The van der Waals surface area contributed by atoms with Crippen LogP contribution >= 0.6 is 0 Å². The van der Waals surface area contributed by atoms with Crippen molar-refractivity contribution in [1.29, 1.82) is 0 Å². The summed E-state index contributed by atoms with van der Waals surface area (Å²) in [7, 11) is 0. The van der Waals surface area contributed by atoms with Gasteiger partial charge in [0.2, 0.25) is 0 Å². The Morgan fingerprint density at radius 3 is 3.00 bits per heavy atom. The second kappa shape index (κ2) is 3.07. The maximum atomic E-state index is 5.30. The summed E-state index contributed by atoms with van der Waals surface area (Å²) in [5.74, 6) is 0. The second-order valence-corrected chi connectivity index (χ2v) is 2.98. The number of hydrogen-bond donors (Lipinski definition) is 0. The monoisotopic (exact) mass is 161 g/mol. The Hall–Kier alpha value is -1.15. The van der Waals surface area contributed by atoms with E-state index in [0.717, 1.165) is 13.2 Å². The Labute approximate surface area is 71.9 Å². The Kier molecular flexibility index (Phi) is 1.92. The van der Waals surface area contributed by atoms with Crippen LogP contribution in [-0.4, -0.2) is 6.72 Å². The molecule has 0 atom stereocenters. The van der Waals surface area contributed by atoms with Crippen LogP contribution in [0.3, 0.4) is 0 Å². The van der Waals surface area contributed by atoms with Crippen LogP contribution in [0.2, 0.25) is 0 Å². The van der Waals surface area contributed by atoms with E-state index < -0.39 is 0 Å². The minimum Gasteiger partial charge on any atom is -0.372 e. The van der Waals surface area contributed by atoms with Crippen molar-refractivity contribution in [1.82, 2.24) is 0 Å². The van der Waals surface area contributed by atoms with E-state index in [2.05, 4.69) is 29.9 Å². The molecule has 0 saturated heterocycles. The molecule has 0 aliphatic carbocycles. The SMILES string of the molecule is C=NCc1ccc2c(c1)COC2. The van der Waals surface area contributed by atoms with Gasteiger partial charge in [-0.2, -0.15) is 0 Å². The summed E-state index contributed by atoms with van der Waals surface area (Å²) in [4.78, 5) is 3.84. The van der Waals surface area contributed by atoms with Gasteiger partial charge in [0.1, 0.15) is 0 Å². The summed E-state index contributed by atoms with van der Waals surface area (Å²) in [6.45, 7) is 5.68. The number of rotatable bonds is 2. The maximum Gasteiger partial charge on any atom is 0.0725 e. The van der Waals surface area contributed by atoms with E-state index >= 15 is 0 Å². The lowest BCUT2D eigenvalue weighted by Crippen LogP contribution is -1.86. The highest BCUT2D eigenvalue weighted by molar-refractivity contribution is 5.34. The molecule has 0 amide bonds. The lowest BCUT2D eigenvalue weighted by Gasteiger charge is -1.99. The van der Waals surface area contributed by atoms with Crippen LogP contribution in [0.4, 0.5) is 0 Å². The molecule has 0 aromatic heterocycles. The molecule has 2 nitrogen and oxygen atoms in total. The highest BCUT2D eigenvalue weighted by Crippen LogP contribution is 2.20. The molecule has 1 aliphatic rings. The van der Waals surface area contributed by atoms with Gasteiger partial charge in [0.05, 0.1) is 19.8 Å². The summed E-state index contributed by atoms with van der Waals surface area (Å²) < 4.78 is 5.30. The average molecular weight is 161 g/mol. The summed E-state index contributed by atoms with van der Waals surface area (Å²) >= 11 is 0. The molecule has 62 valence electrons. The van der Waals surface area contributed by atoms with Gasteiger partial charge in [-0.05, 0) is 23.4 Å². The van der Waals surface area contributed by atoms with Crippen molar-refractivity contribution < 1.29 is 4.74 Å². The molecule has 0 radical (unpaired) electrons. The fraction of sp³-hybridized carbons (Fsp3) is 0.300. The van der Waals surface area contributed by atoms with Crippen LogP contribution in [0.25, 0.3) is 0 Å². The summed E-state index contributed by atoms with van der Waals surface area (Å²) in [6.07, 6.45) is 0. The van der Waals surface area contributed by atoms with E-state index in [1.807, 2.05) is 0 Å². The third-order valence-electron chi connectivity index (χ3n) is 2.08. The predicted molar refractivity (Wildman–Crippen MR) is 48.2 cm³/mol. The van der Waals surface area contributed by atoms with Gasteiger partial charge in [0, 0.05) is 0 Å². The molecule has 0 N–H and O–H groups in total. The van der Waals surface area contributed by atoms with Gasteiger partial charge in [0.15, 0.2) is 0 Å². The zero-order chi connectivity index (χ0) is 8.39. The molecule has 1 heterocycles. The van der Waals surface area contributed by atoms with Crippen LogP contribution in [0.15, 0.2) is 23.2 Å². The highest BCUT2D eigenvalue weighted by atomic mass is 16.5. The fourth-order valence-corrected chi connectivity index (χ4v) is 1.45. The van der Waals surface area contributed by atoms with Crippen LogP contribution < -0.4 is 0 Å². The molecule has 1 aliphatic heterocycles. The molecule has 0 spiro atoms. The standard InChI is InChI=1S/C10H11NO/c1-11-5-8-2-3-9-6-12-7-10(9)4-8/h2-4H,1,5-7H2. The van der Waals surface area contributed by atoms with Gasteiger partial charge in [-0.25, -0.2) is 0 Å². The van der Waals surface area contributed by atoms with E-state index in [0.29, 0.717) is 6.54 Å². The van der Waals surface area contributed by atoms with Gasteiger partial charge in [-0.3, -0.25) is 4.99 Å². The minimum atomic E-state index is 0.702. The molecule has 1 aromatic carbocycles. The molecule has 2 rings (SSSR count). The number of ether oxygens (including phenoxy) is 1. The third kappa shape index (κ3) is 1.25. The first kappa shape index (κ1) is 7.50. The smallest absolute Gasteiger partial charge is 0.0725 e. The van der Waals surface area contributed by atoms with E-state index in [9.17, 15) is 0 Å². The second-order valence-electron chi connectivity index (χ2n) is 2.98. The van der Waals surface area contributed by atoms with Gasteiger partial charge in [-0.1, -0.05) is 18.2 Å². The molecule has 0 unspecified atom stereocenters. The first-order valence-electron chi connectivity index (χ1n) is 4.01. The topological polar surface area (TPSA) is 21.6 Å². The van der Waals surface area contributed by atoms with Crippen molar-refractivity contribution in [2.24, 2.45) is 4.99 Å². The number of benzene rings is 1. The summed E-state index contributed by atoms with van der Waals surface area (Å²) in [5.41, 5.74) is 3.83. The van der Waals surface area contributed by atoms with Crippen LogP contribution in [-0.2, 0) is 24.5 Å². The molecule has 2 heteroatoms. The van der Waals surface area contributed by atoms with Crippen LogP contribution in [0.5, 0.6) is 0 Å². The number of hydrogen-bond acceptors (Lipinski definition) is 2. The van der Waals surface area contributed by atoms with Gasteiger partial charge in [0.25, 0.3) is 0 Å². The summed E-state index contributed by atoms with van der Waals surface area (Å²) in [5, 5.41) is 0.